The van der Waals surface area contributed by atoms with Crippen LogP contribution < -0.4 is 5.43 Å². The molecule has 3 N–H and O–H groups in total. The third-order valence-corrected chi connectivity index (χ3v) is 3.73. The number of nitrogens with zero attached hydrogens (tertiary/aromatic N) is 1. The summed E-state index contributed by atoms with van der Waals surface area (Å²) in [4.78, 5) is 10.7. The van der Waals surface area contributed by atoms with Crippen molar-refractivity contribution < 1.29 is 19.7 Å². The van der Waals surface area contributed by atoms with E-state index in [0.717, 1.165) is 38.2 Å². The number of morpholine rings is 1. The number of carbonyl (C=O) groups is 1. The monoisotopic (exact) mass is 332 g/mol. The summed E-state index contributed by atoms with van der Waals surface area (Å²) in [5.41, 5.74) is 3.26. The van der Waals surface area contributed by atoms with Crippen LogP contribution in [0.4, 0.5) is 0 Å². The molecule has 0 spiro atoms. The molecule has 0 unspecified atom stereocenters. The summed E-state index contributed by atoms with van der Waals surface area (Å²) >= 11 is 0. The van der Waals surface area contributed by atoms with Crippen LogP contribution in [0.5, 0.6) is 5.75 Å². The molecule has 2 aromatic rings. The number of hydrogen-bond donors (Lipinski definition) is 3. The van der Waals surface area contributed by atoms with Crippen LogP contribution in [0.1, 0.15) is 23.7 Å². The first-order chi connectivity index (χ1) is 11.6. The predicted molar refractivity (Wildman–Crippen MR) is 93.3 cm³/mol. The van der Waals surface area contributed by atoms with E-state index in [1.807, 2.05) is 12.1 Å². The van der Waals surface area contributed by atoms with Crippen molar-refractivity contribution >= 4 is 16.7 Å². The van der Waals surface area contributed by atoms with Crippen molar-refractivity contribution in [3.8, 4) is 5.75 Å². The van der Waals surface area contributed by atoms with Crippen LogP contribution in [0.3, 0.4) is 0 Å². The van der Waals surface area contributed by atoms with E-state index in [2.05, 4.69) is 17.4 Å². The van der Waals surface area contributed by atoms with Crippen LogP contribution in [0.2, 0.25) is 0 Å². The number of carboxylic acids is 1. The summed E-state index contributed by atoms with van der Waals surface area (Å²) in [5, 5.41) is 22.0. The van der Waals surface area contributed by atoms with E-state index in [-0.39, 0.29) is 11.3 Å². The molecule has 0 saturated carbocycles. The van der Waals surface area contributed by atoms with Crippen molar-refractivity contribution in [1.29, 1.82) is 0 Å². The van der Waals surface area contributed by atoms with Gasteiger partial charge in [-0.3, -0.25) is 5.43 Å². The second-order valence-corrected chi connectivity index (χ2v) is 5.50. The number of nitrogens with one attached hydrogen (secondary N) is 1. The number of benzene rings is 2. The molecule has 2 aromatic carbocycles. The Labute approximate surface area is 141 Å². The highest BCUT2D eigenvalue weighted by molar-refractivity contribution is 6.00. The highest BCUT2D eigenvalue weighted by Crippen LogP contribution is 2.28. The lowest BCUT2D eigenvalue weighted by molar-refractivity contribution is 0.0122. The molecule has 1 aliphatic heterocycles. The Morgan fingerprint density at radius 1 is 1.21 bits per heavy atom. The molecular formula is C18H24N2O4. The molecule has 6 heteroatoms. The minimum absolute atomic E-state index is 0.0660. The fourth-order valence-electron chi connectivity index (χ4n) is 2.42. The Morgan fingerprint density at radius 2 is 1.92 bits per heavy atom. The van der Waals surface area contributed by atoms with E-state index >= 15 is 0 Å². The normalized spacial score (nSPS) is 14.9. The largest absolute Gasteiger partial charge is 0.506 e. The van der Waals surface area contributed by atoms with Crippen molar-refractivity contribution in [1.82, 2.24) is 10.4 Å². The van der Waals surface area contributed by atoms with Gasteiger partial charge in [-0.2, -0.15) is 0 Å². The summed E-state index contributed by atoms with van der Waals surface area (Å²) in [6.45, 7) is 7.06. The maximum Gasteiger partial charge on any atom is 0.339 e. The van der Waals surface area contributed by atoms with Gasteiger partial charge in [-0.25, -0.2) is 9.80 Å². The summed E-state index contributed by atoms with van der Waals surface area (Å²) in [7, 11) is 0. The Bertz CT molecular complexity index is 669. The van der Waals surface area contributed by atoms with Gasteiger partial charge in [0.05, 0.1) is 13.2 Å². The molecular weight excluding hydrogens is 308 g/mol. The topological polar surface area (TPSA) is 82.0 Å². The lowest BCUT2D eigenvalue weighted by atomic mass is 10.1. The minimum Gasteiger partial charge on any atom is -0.506 e. The van der Waals surface area contributed by atoms with Gasteiger partial charge in [0.1, 0.15) is 11.3 Å². The van der Waals surface area contributed by atoms with E-state index in [1.165, 1.54) is 12.5 Å². The molecule has 130 valence electrons. The quantitative estimate of drug-likeness (QED) is 0.798. The number of hydrogen-bond acceptors (Lipinski definition) is 5. The molecule has 0 bridgehead atoms. The van der Waals surface area contributed by atoms with Crippen molar-refractivity contribution in [2.75, 3.05) is 32.8 Å². The van der Waals surface area contributed by atoms with Crippen LogP contribution in [-0.4, -0.2) is 54.0 Å². The van der Waals surface area contributed by atoms with Gasteiger partial charge in [0.2, 0.25) is 0 Å². The van der Waals surface area contributed by atoms with Crippen LogP contribution in [-0.2, 0) is 4.74 Å². The number of aromatic carboxylic acids is 1. The summed E-state index contributed by atoms with van der Waals surface area (Å²) in [6, 6.07) is 10.2. The Balaban J connectivity index is 0.000000185. The summed E-state index contributed by atoms with van der Waals surface area (Å²) in [6.07, 6.45) is 1.19. The molecule has 0 radical (unpaired) electrons. The standard InChI is InChI=1S/C11H8O3.C7H16N2O/c12-10-8-4-2-1-3-7(8)5-6-9(10)11(13)14;1-2-3-8-9-4-6-10-7-5-9/h1-6,12H,(H,13,14);8H,2-7H2,1H3. The van der Waals surface area contributed by atoms with Gasteiger partial charge < -0.3 is 14.9 Å². The highest BCUT2D eigenvalue weighted by Gasteiger charge is 2.11. The molecule has 0 aliphatic carbocycles. The minimum atomic E-state index is -1.12. The Kier molecular flexibility index (Phi) is 6.99. The van der Waals surface area contributed by atoms with E-state index in [1.54, 1.807) is 18.2 Å². The lowest BCUT2D eigenvalue weighted by Gasteiger charge is -2.26. The average molecular weight is 332 g/mol. The fourth-order valence-corrected chi connectivity index (χ4v) is 2.42. The van der Waals surface area contributed by atoms with Crippen LogP contribution in [0.15, 0.2) is 36.4 Å². The maximum absolute atomic E-state index is 10.7. The van der Waals surface area contributed by atoms with Crippen molar-refractivity contribution in [2.24, 2.45) is 0 Å². The SMILES string of the molecule is CCCNN1CCOCC1.O=C(O)c1ccc2ccccc2c1O. The zero-order valence-corrected chi connectivity index (χ0v) is 13.9. The molecule has 1 aliphatic rings. The zero-order chi connectivity index (χ0) is 17.4. The summed E-state index contributed by atoms with van der Waals surface area (Å²) in [5.74, 6) is -1.29. The number of fused-ring (bicyclic) bond motifs is 1. The van der Waals surface area contributed by atoms with Gasteiger partial charge in [0.25, 0.3) is 0 Å². The van der Waals surface area contributed by atoms with Crippen molar-refractivity contribution in [2.45, 2.75) is 13.3 Å². The first kappa shape index (κ1) is 18.2. The second-order valence-electron chi connectivity index (χ2n) is 5.50. The Hall–Kier alpha value is -2.15. The Morgan fingerprint density at radius 3 is 2.58 bits per heavy atom. The predicted octanol–water partition coefficient (Wildman–Crippen LogP) is 2.48. The third kappa shape index (κ3) is 4.92. The molecule has 0 amide bonds. The molecule has 0 atom stereocenters. The number of ether oxygens (including phenoxy) is 1. The van der Waals surface area contributed by atoms with Crippen LogP contribution in [0, 0.1) is 0 Å². The van der Waals surface area contributed by atoms with E-state index < -0.39 is 5.97 Å². The molecule has 1 saturated heterocycles. The number of phenols is 1. The van der Waals surface area contributed by atoms with Crippen LogP contribution in [0.25, 0.3) is 10.8 Å². The van der Waals surface area contributed by atoms with Gasteiger partial charge in [0.15, 0.2) is 0 Å². The average Bonchev–Trinajstić information content (AvgIpc) is 2.61. The molecule has 3 rings (SSSR count). The van der Waals surface area contributed by atoms with Crippen LogP contribution >= 0.6 is 0 Å². The zero-order valence-electron chi connectivity index (χ0n) is 13.9. The van der Waals surface area contributed by atoms with Gasteiger partial charge in [-0.15, -0.1) is 0 Å². The van der Waals surface area contributed by atoms with Crippen molar-refractivity contribution in [3.63, 3.8) is 0 Å². The lowest BCUT2D eigenvalue weighted by Crippen LogP contribution is -2.45. The number of rotatable bonds is 4. The van der Waals surface area contributed by atoms with Gasteiger partial charge in [-0.1, -0.05) is 37.3 Å². The molecule has 1 heterocycles. The smallest absolute Gasteiger partial charge is 0.339 e. The highest BCUT2D eigenvalue weighted by atomic mass is 16.5. The molecule has 1 fully saturated rings. The number of aromatic hydroxyl groups is 1. The van der Waals surface area contributed by atoms with Gasteiger partial charge in [-0.05, 0) is 17.9 Å². The number of hydrazine groups is 1. The second kappa shape index (κ2) is 9.22. The fraction of sp³-hybridized carbons (Fsp3) is 0.389. The van der Waals surface area contributed by atoms with E-state index in [0.29, 0.717) is 5.39 Å². The number of carboxylic acid groups (broad SMARTS) is 1. The van der Waals surface area contributed by atoms with E-state index in [4.69, 9.17) is 9.84 Å². The first-order valence-electron chi connectivity index (χ1n) is 8.13. The van der Waals surface area contributed by atoms with E-state index in [9.17, 15) is 9.90 Å². The van der Waals surface area contributed by atoms with Gasteiger partial charge >= 0.3 is 5.97 Å². The molecule has 6 nitrogen and oxygen atoms in total. The first-order valence-corrected chi connectivity index (χ1v) is 8.13. The van der Waals surface area contributed by atoms with Gasteiger partial charge in [0, 0.05) is 25.0 Å². The van der Waals surface area contributed by atoms with Crippen molar-refractivity contribution in [3.05, 3.63) is 42.0 Å². The summed E-state index contributed by atoms with van der Waals surface area (Å²) < 4.78 is 5.20. The molecule has 24 heavy (non-hydrogen) atoms. The molecule has 0 aromatic heterocycles. The maximum atomic E-state index is 10.7. The third-order valence-electron chi connectivity index (χ3n) is 3.73.